The van der Waals surface area contributed by atoms with Crippen LogP contribution in [0.15, 0.2) is 36.4 Å². The van der Waals surface area contributed by atoms with Gasteiger partial charge >= 0.3 is 0 Å². The highest BCUT2D eigenvalue weighted by Crippen LogP contribution is 2.36. The molecule has 0 aliphatic heterocycles. The fraction of sp³-hybridized carbons (Fsp3) is 0.0769. The van der Waals surface area contributed by atoms with Crippen LogP contribution in [0.1, 0.15) is 0 Å². The van der Waals surface area contributed by atoms with Gasteiger partial charge in [0.2, 0.25) is 0 Å². The smallest absolute Gasteiger partial charge is 0.299 e. The molecule has 0 heterocycles. The lowest BCUT2D eigenvalue weighted by Gasteiger charge is -2.11. The van der Waals surface area contributed by atoms with Crippen LogP contribution in [0.5, 0.6) is 5.75 Å². The van der Waals surface area contributed by atoms with Gasteiger partial charge in [0.05, 0.1) is 33.6 Å². The van der Waals surface area contributed by atoms with Gasteiger partial charge in [-0.2, -0.15) is 0 Å². The number of nitro benzene ring substituents is 3. The number of nitrogens with one attached hydrogen (secondary N) is 1. The van der Waals surface area contributed by atoms with Crippen LogP contribution in [0.3, 0.4) is 0 Å². The molecule has 0 aliphatic rings. The highest BCUT2D eigenvalue weighted by atomic mass is 16.6. The van der Waals surface area contributed by atoms with E-state index in [-0.39, 0.29) is 22.8 Å². The first-order valence-electron chi connectivity index (χ1n) is 6.35. The monoisotopic (exact) mass is 334 g/mol. The molecule has 0 unspecified atom stereocenters. The summed E-state index contributed by atoms with van der Waals surface area (Å²) in [6.07, 6.45) is 0. The summed E-state index contributed by atoms with van der Waals surface area (Å²) in [4.78, 5) is 30.5. The molecular weight excluding hydrogens is 324 g/mol. The highest BCUT2D eigenvalue weighted by molar-refractivity contribution is 5.75. The van der Waals surface area contributed by atoms with Crippen molar-refractivity contribution in [3.05, 3.63) is 66.7 Å². The molecule has 2 aromatic carbocycles. The predicted octanol–water partition coefficient (Wildman–Crippen LogP) is 3.16. The average Bonchev–Trinajstić information content (AvgIpc) is 2.54. The molecule has 0 radical (unpaired) electrons. The van der Waals surface area contributed by atoms with Crippen molar-refractivity contribution in [3.63, 3.8) is 0 Å². The van der Waals surface area contributed by atoms with E-state index in [0.29, 0.717) is 0 Å². The van der Waals surface area contributed by atoms with Gasteiger partial charge in [0.25, 0.3) is 17.1 Å². The number of methoxy groups -OCH3 is 1. The second-order valence-electron chi connectivity index (χ2n) is 4.48. The third-order valence-corrected chi connectivity index (χ3v) is 3.05. The minimum Gasteiger partial charge on any atom is -0.495 e. The number of ether oxygens (including phenoxy) is 1. The van der Waals surface area contributed by atoms with Crippen LogP contribution >= 0.6 is 0 Å². The minimum absolute atomic E-state index is 0.0654. The van der Waals surface area contributed by atoms with Gasteiger partial charge in [-0.3, -0.25) is 30.3 Å². The van der Waals surface area contributed by atoms with Crippen molar-refractivity contribution in [1.29, 1.82) is 0 Å². The number of rotatable bonds is 6. The van der Waals surface area contributed by atoms with E-state index in [4.69, 9.17) is 4.74 Å². The molecule has 24 heavy (non-hydrogen) atoms. The predicted molar refractivity (Wildman–Crippen MR) is 82.7 cm³/mol. The van der Waals surface area contributed by atoms with E-state index >= 15 is 0 Å². The molecule has 11 nitrogen and oxygen atoms in total. The summed E-state index contributed by atoms with van der Waals surface area (Å²) in [6, 6.07) is 6.72. The number of hydrogen-bond acceptors (Lipinski definition) is 8. The van der Waals surface area contributed by atoms with Crippen LogP contribution in [0, 0.1) is 30.3 Å². The third kappa shape index (κ3) is 3.35. The quantitative estimate of drug-likeness (QED) is 0.624. The van der Waals surface area contributed by atoms with Crippen molar-refractivity contribution in [2.24, 2.45) is 0 Å². The van der Waals surface area contributed by atoms with Crippen molar-refractivity contribution in [2.75, 3.05) is 12.4 Å². The maximum absolute atomic E-state index is 11.1. The molecule has 11 heteroatoms. The van der Waals surface area contributed by atoms with Gasteiger partial charge in [-0.15, -0.1) is 0 Å². The molecule has 0 atom stereocenters. The van der Waals surface area contributed by atoms with E-state index in [1.54, 1.807) is 0 Å². The average molecular weight is 334 g/mol. The summed E-state index contributed by atoms with van der Waals surface area (Å²) in [7, 11) is 1.33. The zero-order valence-electron chi connectivity index (χ0n) is 12.2. The van der Waals surface area contributed by atoms with Gasteiger partial charge < -0.3 is 10.1 Å². The third-order valence-electron chi connectivity index (χ3n) is 3.05. The molecule has 0 bridgehead atoms. The Balaban J connectivity index is 2.51. The number of hydrogen-bond donors (Lipinski definition) is 1. The number of non-ortho nitro benzene ring substituents is 2. The van der Waals surface area contributed by atoms with Crippen LogP contribution in [0.2, 0.25) is 0 Å². The maximum Gasteiger partial charge on any atom is 0.299 e. The molecule has 2 rings (SSSR count). The minimum atomic E-state index is -0.792. The van der Waals surface area contributed by atoms with Crippen molar-refractivity contribution >= 4 is 28.4 Å². The molecule has 0 aliphatic carbocycles. The Kier molecular flexibility index (Phi) is 4.54. The Morgan fingerprint density at radius 1 is 0.833 bits per heavy atom. The zero-order valence-corrected chi connectivity index (χ0v) is 12.2. The summed E-state index contributed by atoms with van der Waals surface area (Å²) in [6.45, 7) is 0. The molecule has 0 fully saturated rings. The van der Waals surface area contributed by atoms with E-state index < -0.39 is 26.1 Å². The zero-order chi connectivity index (χ0) is 17.9. The van der Waals surface area contributed by atoms with E-state index in [9.17, 15) is 30.3 Å². The Morgan fingerprint density at radius 2 is 1.42 bits per heavy atom. The van der Waals surface area contributed by atoms with Gasteiger partial charge in [-0.25, -0.2) is 0 Å². The van der Waals surface area contributed by atoms with Crippen molar-refractivity contribution in [3.8, 4) is 5.75 Å². The topological polar surface area (TPSA) is 151 Å². The second-order valence-corrected chi connectivity index (χ2v) is 4.48. The van der Waals surface area contributed by atoms with Gasteiger partial charge in [0, 0.05) is 18.2 Å². The molecule has 1 N–H and O–H groups in total. The molecule has 124 valence electrons. The van der Waals surface area contributed by atoms with Gasteiger partial charge in [0.1, 0.15) is 11.4 Å². The van der Waals surface area contributed by atoms with Crippen LogP contribution < -0.4 is 10.1 Å². The van der Waals surface area contributed by atoms with Crippen LogP contribution in [0.4, 0.5) is 28.4 Å². The molecule has 0 saturated carbocycles. The number of nitro groups is 3. The molecular formula is C13H10N4O7. The van der Waals surface area contributed by atoms with Crippen molar-refractivity contribution < 1.29 is 19.5 Å². The fourth-order valence-corrected chi connectivity index (χ4v) is 1.94. The molecule has 0 aromatic heterocycles. The lowest BCUT2D eigenvalue weighted by Crippen LogP contribution is -2.01. The Hall–Kier alpha value is -3.76. The standard InChI is InChI=1S/C13H10N4O7/c1-24-13-5-3-8(15(18)19)6-11(13)14-10-4-2-9(16(20)21)7-12(10)17(22)23/h2-7,14H,1H3. The Labute approximate surface area is 133 Å². The summed E-state index contributed by atoms with van der Waals surface area (Å²) >= 11 is 0. The van der Waals surface area contributed by atoms with E-state index in [1.807, 2.05) is 0 Å². The van der Waals surface area contributed by atoms with Crippen LogP contribution in [0.25, 0.3) is 0 Å². The highest BCUT2D eigenvalue weighted by Gasteiger charge is 2.21. The Bertz CT molecular complexity index is 837. The largest absolute Gasteiger partial charge is 0.495 e. The fourth-order valence-electron chi connectivity index (χ4n) is 1.94. The van der Waals surface area contributed by atoms with Crippen molar-refractivity contribution in [2.45, 2.75) is 0 Å². The molecule has 0 amide bonds. The van der Waals surface area contributed by atoms with E-state index in [2.05, 4.69) is 5.32 Å². The SMILES string of the molecule is COc1ccc([N+](=O)[O-])cc1Nc1ccc([N+](=O)[O-])cc1[N+](=O)[O-]. The Morgan fingerprint density at radius 3 is 1.96 bits per heavy atom. The molecule has 0 spiro atoms. The first-order chi connectivity index (χ1) is 11.3. The lowest BCUT2D eigenvalue weighted by atomic mass is 10.2. The summed E-state index contributed by atoms with van der Waals surface area (Å²) in [5.74, 6) is 0.216. The summed E-state index contributed by atoms with van der Waals surface area (Å²) in [5.41, 5.74) is -1.19. The van der Waals surface area contributed by atoms with Gasteiger partial charge in [0.15, 0.2) is 0 Å². The second kappa shape index (κ2) is 6.56. The molecule has 0 saturated heterocycles. The number of benzene rings is 2. The van der Waals surface area contributed by atoms with Gasteiger partial charge in [-0.05, 0) is 12.1 Å². The first-order valence-corrected chi connectivity index (χ1v) is 6.35. The number of nitrogens with zero attached hydrogens (tertiary/aromatic N) is 3. The number of anilines is 2. The van der Waals surface area contributed by atoms with Crippen molar-refractivity contribution in [1.82, 2.24) is 0 Å². The van der Waals surface area contributed by atoms with Crippen LogP contribution in [-0.4, -0.2) is 21.9 Å². The molecule has 2 aromatic rings. The summed E-state index contributed by atoms with van der Waals surface area (Å²) in [5, 5.41) is 35.3. The van der Waals surface area contributed by atoms with Gasteiger partial charge in [-0.1, -0.05) is 0 Å². The lowest BCUT2D eigenvalue weighted by molar-refractivity contribution is -0.393. The summed E-state index contributed by atoms with van der Waals surface area (Å²) < 4.78 is 5.05. The van der Waals surface area contributed by atoms with E-state index in [0.717, 1.165) is 24.3 Å². The van der Waals surface area contributed by atoms with E-state index in [1.165, 1.54) is 19.2 Å². The maximum atomic E-state index is 11.1. The van der Waals surface area contributed by atoms with Crippen LogP contribution in [-0.2, 0) is 0 Å². The first kappa shape index (κ1) is 16.6. The normalized spacial score (nSPS) is 10.0.